The molecule has 1 fully saturated rings. The topological polar surface area (TPSA) is 24.9 Å². The van der Waals surface area contributed by atoms with Gasteiger partial charge in [0.15, 0.2) is 0 Å². The Kier molecular flexibility index (Phi) is 6.50. The summed E-state index contributed by atoms with van der Waals surface area (Å²) in [5.41, 5.74) is 1.21. The zero-order valence-electron chi connectivity index (χ0n) is 12.4. The van der Waals surface area contributed by atoms with E-state index < -0.39 is 0 Å². The summed E-state index contributed by atoms with van der Waals surface area (Å²) in [5.74, 6) is 0.967. The first-order valence-electron chi connectivity index (χ1n) is 7.11. The molecule has 1 aliphatic heterocycles. The van der Waals surface area contributed by atoms with Crippen molar-refractivity contribution in [2.45, 2.75) is 6.42 Å². The van der Waals surface area contributed by atoms with Crippen molar-refractivity contribution >= 4 is 17.7 Å². The molecule has 1 heterocycles. The van der Waals surface area contributed by atoms with Crippen LogP contribution in [0.4, 0.5) is 5.69 Å². The number of hydrogen-bond donors (Lipinski definition) is 0. The van der Waals surface area contributed by atoms with E-state index in [1.165, 1.54) is 17.7 Å². The first kappa shape index (κ1) is 15.5. The van der Waals surface area contributed by atoms with E-state index >= 15 is 0 Å². The number of benzene rings is 1. The molecule has 1 saturated heterocycles. The molecule has 5 heteroatoms. The van der Waals surface area contributed by atoms with Crippen LogP contribution in [0.15, 0.2) is 24.3 Å². The SMILES string of the molecule is COc1ccccc1N1CCN(CCCOSC)CC1. The van der Waals surface area contributed by atoms with E-state index in [1.54, 1.807) is 7.11 Å². The third-order valence-electron chi connectivity index (χ3n) is 3.62. The molecule has 2 rings (SSSR count). The minimum atomic E-state index is 0.841. The van der Waals surface area contributed by atoms with Gasteiger partial charge >= 0.3 is 0 Å². The van der Waals surface area contributed by atoms with Crippen molar-refractivity contribution in [3.63, 3.8) is 0 Å². The second kappa shape index (κ2) is 8.39. The van der Waals surface area contributed by atoms with Crippen LogP contribution in [0.1, 0.15) is 6.42 Å². The Labute approximate surface area is 126 Å². The first-order chi connectivity index (χ1) is 9.85. The molecule has 0 spiro atoms. The van der Waals surface area contributed by atoms with E-state index in [4.69, 9.17) is 8.92 Å². The molecule has 0 radical (unpaired) electrons. The molecule has 0 aromatic heterocycles. The van der Waals surface area contributed by atoms with Crippen LogP contribution in [-0.4, -0.2) is 57.6 Å². The highest BCUT2D eigenvalue weighted by Crippen LogP contribution is 2.28. The minimum Gasteiger partial charge on any atom is -0.495 e. The Morgan fingerprint density at radius 3 is 2.60 bits per heavy atom. The summed E-state index contributed by atoms with van der Waals surface area (Å²) >= 11 is 1.45. The second-order valence-corrected chi connectivity index (χ2v) is 5.41. The fourth-order valence-electron chi connectivity index (χ4n) is 2.53. The van der Waals surface area contributed by atoms with Gasteiger partial charge in [-0.25, -0.2) is 0 Å². The average molecular weight is 296 g/mol. The van der Waals surface area contributed by atoms with Crippen LogP contribution in [-0.2, 0) is 4.18 Å². The summed E-state index contributed by atoms with van der Waals surface area (Å²) in [6.07, 6.45) is 3.07. The molecular weight excluding hydrogens is 272 g/mol. The smallest absolute Gasteiger partial charge is 0.142 e. The van der Waals surface area contributed by atoms with E-state index in [0.29, 0.717) is 0 Å². The zero-order valence-corrected chi connectivity index (χ0v) is 13.2. The van der Waals surface area contributed by atoms with Crippen LogP contribution < -0.4 is 9.64 Å². The van der Waals surface area contributed by atoms with Crippen molar-refractivity contribution in [2.24, 2.45) is 0 Å². The number of anilines is 1. The molecule has 0 saturated carbocycles. The van der Waals surface area contributed by atoms with E-state index in [2.05, 4.69) is 21.9 Å². The van der Waals surface area contributed by atoms with Gasteiger partial charge in [-0.1, -0.05) is 12.1 Å². The van der Waals surface area contributed by atoms with Crippen LogP contribution in [0.5, 0.6) is 5.75 Å². The molecule has 1 aliphatic rings. The zero-order chi connectivity index (χ0) is 14.2. The van der Waals surface area contributed by atoms with Gasteiger partial charge in [-0.2, -0.15) is 0 Å². The normalized spacial score (nSPS) is 16.4. The minimum absolute atomic E-state index is 0.841. The third-order valence-corrected chi connectivity index (χ3v) is 4.02. The number of para-hydroxylation sites is 2. The Morgan fingerprint density at radius 2 is 1.90 bits per heavy atom. The molecule has 0 N–H and O–H groups in total. The predicted molar refractivity (Wildman–Crippen MR) is 85.7 cm³/mol. The van der Waals surface area contributed by atoms with Gasteiger partial charge in [-0.3, -0.25) is 4.90 Å². The quantitative estimate of drug-likeness (QED) is 0.569. The van der Waals surface area contributed by atoms with Gasteiger partial charge < -0.3 is 13.8 Å². The number of methoxy groups -OCH3 is 1. The summed E-state index contributed by atoms with van der Waals surface area (Å²) in [6.45, 7) is 6.30. The van der Waals surface area contributed by atoms with Gasteiger partial charge in [0.2, 0.25) is 0 Å². The van der Waals surface area contributed by atoms with E-state index in [9.17, 15) is 0 Å². The number of hydrogen-bond acceptors (Lipinski definition) is 5. The van der Waals surface area contributed by atoms with Crippen LogP contribution in [0.25, 0.3) is 0 Å². The van der Waals surface area contributed by atoms with Crippen molar-refractivity contribution in [1.82, 2.24) is 4.90 Å². The molecule has 0 aliphatic carbocycles. The molecule has 0 amide bonds. The van der Waals surface area contributed by atoms with Crippen molar-refractivity contribution in [3.05, 3.63) is 24.3 Å². The highest BCUT2D eigenvalue weighted by atomic mass is 32.2. The van der Waals surface area contributed by atoms with Crippen LogP contribution in [0.3, 0.4) is 0 Å². The van der Waals surface area contributed by atoms with Crippen molar-refractivity contribution in [2.75, 3.05) is 57.6 Å². The lowest BCUT2D eigenvalue weighted by molar-refractivity contribution is 0.234. The molecule has 1 aromatic rings. The third kappa shape index (κ3) is 4.30. The fraction of sp³-hybridized carbons (Fsp3) is 0.600. The van der Waals surface area contributed by atoms with E-state index in [1.807, 2.05) is 18.4 Å². The Hall–Kier alpha value is -0.910. The van der Waals surface area contributed by atoms with Crippen molar-refractivity contribution in [1.29, 1.82) is 0 Å². The van der Waals surface area contributed by atoms with Gasteiger partial charge in [0.25, 0.3) is 0 Å². The van der Waals surface area contributed by atoms with Gasteiger partial charge in [-0.15, -0.1) is 0 Å². The van der Waals surface area contributed by atoms with Crippen LogP contribution in [0.2, 0.25) is 0 Å². The lowest BCUT2D eigenvalue weighted by atomic mass is 10.2. The largest absolute Gasteiger partial charge is 0.495 e. The van der Waals surface area contributed by atoms with Gasteiger partial charge in [0.05, 0.1) is 19.4 Å². The van der Waals surface area contributed by atoms with Crippen LogP contribution >= 0.6 is 12.0 Å². The standard InChI is InChI=1S/C15H24N2O2S/c1-18-15-7-4-3-6-14(15)17-11-9-16(10-12-17)8-5-13-19-20-2/h3-4,6-7H,5,8-13H2,1-2H3. The fourth-order valence-corrected chi connectivity index (χ4v) is 2.82. The molecule has 20 heavy (non-hydrogen) atoms. The number of rotatable bonds is 7. The lowest BCUT2D eigenvalue weighted by Crippen LogP contribution is -2.46. The number of piperazine rings is 1. The van der Waals surface area contributed by atoms with E-state index in [0.717, 1.165) is 51.5 Å². The molecule has 0 bridgehead atoms. The summed E-state index contributed by atoms with van der Waals surface area (Å²) in [6, 6.07) is 8.26. The molecule has 112 valence electrons. The van der Waals surface area contributed by atoms with E-state index in [-0.39, 0.29) is 0 Å². The highest BCUT2D eigenvalue weighted by molar-refractivity contribution is 7.93. The first-order valence-corrected chi connectivity index (χ1v) is 8.26. The summed E-state index contributed by atoms with van der Waals surface area (Å²) in [7, 11) is 1.74. The summed E-state index contributed by atoms with van der Waals surface area (Å²) in [5, 5.41) is 0. The average Bonchev–Trinajstić information content (AvgIpc) is 2.52. The molecule has 4 nitrogen and oxygen atoms in total. The number of ether oxygens (including phenoxy) is 1. The summed E-state index contributed by atoms with van der Waals surface area (Å²) in [4.78, 5) is 4.92. The van der Waals surface area contributed by atoms with Crippen molar-refractivity contribution < 1.29 is 8.92 Å². The Morgan fingerprint density at radius 1 is 1.15 bits per heavy atom. The lowest BCUT2D eigenvalue weighted by Gasteiger charge is -2.36. The molecule has 1 aromatic carbocycles. The maximum atomic E-state index is 5.44. The van der Waals surface area contributed by atoms with Gasteiger partial charge in [-0.05, 0) is 30.6 Å². The molecule has 0 atom stereocenters. The monoisotopic (exact) mass is 296 g/mol. The Balaban J connectivity index is 1.79. The van der Waals surface area contributed by atoms with Gasteiger partial charge in [0, 0.05) is 39.0 Å². The highest BCUT2D eigenvalue weighted by Gasteiger charge is 2.18. The molecular formula is C15H24N2O2S. The van der Waals surface area contributed by atoms with Gasteiger partial charge in [0.1, 0.15) is 5.75 Å². The second-order valence-electron chi connectivity index (χ2n) is 4.84. The Bertz CT molecular complexity index is 395. The predicted octanol–water partition coefficient (Wildman–Crippen LogP) is 2.50. The maximum absolute atomic E-state index is 5.44. The number of nitrogens with zero attached hydrogens (tertiary/aromatic N) is 2. The van der Waals surface area contributed by atoms with Crippen molar-refractivity contribution in [3.8, 4) is 5.75 Å². The summed E-state index contributed by atoms with van der Waals surface area (Å²) < 4.78 is 10.8. The van der Waals surface area contributed by atoms with Crippen LogP contribution in [0, 0.1) is 0 Å². The molecule has 0 unspecified atom stereocenters. The maximum Gasteiger partial charge on any atom is 0.142 e.